The predicted molar refractivity (Wildman–Crippen MR) is 127 cm³/mol. The molecule has 5 rings (SSSR count). The number of hydrogen-bond acceptors (Lipinski definition) is 3. The zero-order valence-corrected chi connectivity index (χ0v) is 20.7. The Bertz CT molecular complexity index is 712. The number of rotatable bonds is 3. The van der Waals surface area contributed by atoms with E-state index in [0.717, 1.165) is 44.3 Å². The maximum absolute atomic E-state index is 13.5. The van der Waals surface area contributed by atoms with Gasteiger partial charge in [0.25, 0.3) is 0 Å². The molecule has 5 fully saturated rings. The maximum Gasteiger partial charge on any atom is 0.228 e. The summed E-state index contributed by atoms with van der Waals surface area (Å²) in [5.41, 5.74) is -0.0979. The number of piperazine rings is 1. The highest BCUT2D eigenvalue weighted by atomic mass is 16.2. The average Bonchev–Trinajstić information content (AvgIpc) is 3.58. The molecule has 180 valence electrons. The molecule has 32 heavy (non-hydrogen) atoms. The third-order valence-corrected chi connectivity index (χ3v) is 10.4. The van der Waals surface area contributed by atoms with Crippen LogP contribution in [0.25, 0.3) is 0 Å². The summed E-state index contributed by atoms with van der Waals surface area (Å²) in [6.45, 7) is 9.70. The lowest BCUT2D eigenvalue weighted by atomic mass is 9.63. The number of nitrogens with zero attached hydrogens (tertiary/aromatic N) is 2. The molecule has 0 aromatic heterocycles. The van der Waals surface area contributed by atoms with Crippen molar-refractivity contribution in [2.24, 2.45) is 35.0 Å². The van der Waals surface area contributed by atoms with Gasteiger partial charge in [-0.15, -0.1) is 0 Å². The van der Waals surface area contributed by atoms with Crippen LogP contribution in [0.4, 0.5) is 0 Å². The number of fused-ring (bicyclic) bond motifs is 1. The second kappa shape index (κ2) is 8.92. The summed E-state index contributed by atoms with van der Waals surface area (Å²) in [4.78, 5) is 30.2. The van der Waals surface area contributed by atoms with Crippen LogP contribution in [0.3, 0.4) is 0 Å². The Labute approximate surface area is 195 Å². The van der Waals surface area contributed by atoms with Gasteiger partial charge < -0.3 is 15.1 Å². The Hall–Kier alpha value is -1.10. The van der Waals surface area contributed by atoms with Gasteiger partial charge in [0.2, 0.25) is 11.8 Å². The van der Waals surface area contributed by atoms with Crippen LogP contribution in [0.5, 0.6) is 0 Å². The van der Waals surface area contributed by atoms with Gasteiger partial charge in [0, 0.05) is 49.6 Å². The monoisotopic (exact) mass is 443 g/mol. The predicted octanol–water partition coefficient (Wildman–Crippen LogP) is 4.07. The largest absolute Gasteiger partial charge is 0.339 e. The topological polar surface area (TPSA) is 52.7 Å². The van der Waals surface area contributed by atoms with Gasteiger partial charge in [0.05, 0.1) is 0 Å². The second-order valence-electron chi connectivity index (χ2n) is 12.2. The summed E-state index contributed by atoms with van der Waals surface area (Å²) in [5.74, 6) is 3.49. The zero-order chi connectivity index (χ0) is 22.5. The van der Waals surface area contributed by atoms with Gasteiger partial charge in [0.1, 0.15) is 0 Å². The number of amides is 2. The summed E-state index contributed by atoms with van der Waals surface area (Å²) in [6.07, 6.45) is 12.6. The summed E-state index contributed by atoms with van der Waals surface area (Å²) in [6, 6.07) is 1.41. The number of carbonyl (C=O) groups is 2. The first-order chi connectivity index (χ1) is 15.4. The first kappa shape index (κ1) is 22.7. The van der Waals surface area contributed by atoms with E-state index in [1.54, 1.807) is 0 Å². The lowest BCUT2D eigenvalue weighted by Crippen LogP contribution is -2.56. The molecule has 5 heteroatoms. The average molecular weight is 444 g/mol. The smallest absolute Gasteiger partial charge is 0.228 e. The van der Waals surface area contributed by atoms with Crippen LogP contribution < -0.4 is 5.32 Å². The third kappa shape index (κ3) is 4.23. The van der Waals surface area contributed by atoms with E-state index in [-0.39, 0.29) is 11.3 Å². The number of carbonyl (C=O) groups excluding carboxylic acids is 2. The molecule has 1 N–H and O–H groups in total. The van der Waals surface area contributed by atoms with Gasteiger partial charge in [-0.1, -0.05) is 33.6 Å². The molecule has 0 aromatic carbocycles. The minimum absolute atomic E-state index is 0.0979. The molecule has 0 spiro atoms. The number of nitrogens with one attached hydrogen (secondary N) is 1. The van der Waals surface area contributed by atoms with E-state index in [0.29, 0.717) is 48.7 Å². The lowest BCUT2D eigenvalue weighted by molar-refractivity contribution is -0.147. The van der Waals surface area contributed by atoms with E-state index in [9.17, 15) is 9.59 Å². The van der Waals surface area contributed by atoms with Crippen LogP contribution in [0, 0.1) is 35.0 Å². The molecule has 3 saturated carbocycles. The lowest BCUT2D eigenvalue weighted by Gasteiger charge is -2.49. The van der Waals surface area contributed by atoms with E-state index in [4.69, 9.17) is 0 Å². The maximum atomic E-state index is 13.5. The SMILES string of the molecule is CC1C(C(=O)N2CCN(C(=O)C3(C)CC3)CC2)CCC(C2CCC3CCCCC3N2)C1C. The molecule has 5 aliphatic rings. The summed E-state index contributed by atoms with van der Waals surface area (Å²) in [7, 11) is 0. The summed E-state index contributed by atoms with van der Waals surface area (Å²) in [5, 5.41) is 4.08. The van der Waals surface area contributed by atoms with Gasteiger partial charge in [-0.05, 0) is 75.0 Å². The van der Waals surface area contributed by atoms with Gasteiger partial charge >= 0.3 is 0 Å². The summed E-state index contributed by atoms with van der Waals surface area (Å²) >= 11 is 0. The minimum atomic E-state index is -0.0979. The first-order valence-corrected chi connectivity index (χ1v) is 13.7. The van der Waals surface area contributed by atoms with Crippen molar-refractivity contribution in [3.63, 3.8) is 0 Å². The van der Waals surface area contributed by atoms with Crippen LogP contribution in [-0.4, -0.2) is 59.9 Å². The minimum Gasteiger partial charge on any atom is -0.339 e. The van der Waals surface area contributed by atoms with Crippen LogP contribution >= 0.6 is 0 Å². The Morgan fingerprint density at radius 2 is 1.47 bits per heavy atom. The van der Waals surface area contributed by atoms with E-state index in [1.807, 2.05) is 4.90 Å². The molecule has 2 aliphatic heterocycles. The van der Waals surface area contributed by atoms with Gasteiger partial charge in [-0.3, -0.25) is 9.59 Å². The van der Waals surface area contributed by atoms with Crippen molar-refractivity contribution in [1.29, 1.82) is 0 Å². The van der Waals surface area contributed by atoms with Crippen molar-refractivity contribution in [3.05, 3.63) is 0 Å². The van der Waals surface area contributed by atoms with Crippen molar-refractivity contribution in [2.75, 3.05) is 26.2 Å². The molecular weight excluding hydrogens is 398 g/mol. The van der Waals surface area contributed by atoms with Crippen LogP contribution in [0.2, 0.25) is 0 Å². The molecule has 2 amide bonds. The Kier molecular flexibility index (Phi) is 6.32. The molecule has 0 radical (unpaired) electrons. The number of piperidine rings is 1. The first-order valence-electron chi connectivity index (χ1n) is 13.7. The standard InChI is InChI=1S/C27H45N3O2/c1-18-19(2)22(10-9-21(18)24-11-8-20-6-4-5-7-23(20)28-24)25(31)29-14-16-30(17-15-29)26(32)27(3)12-13-27/h18-24,28H,4-17H2,1-3H3. The zero-order valence-electron chi connectivity index (χ0n) is 20.7. The normalized spacial score (nSPS) is 41.7. The van der Waals surface area contributed by atoms with Crippen LogP contribution in [-0.2, 0) is 9.59 Å². The molecule has 7 atom stereocenters. The fourth-order valence-electron chi connectivity index (χ4n) is 7.58. The molecule has 2 saturated heterocycles. The van der Waals surface area contributed by atoms with Gasteiger partial charge in [-0.25, -0.2) is 0 Å². The van der Waals surface area contributed by atoms with Crippen molar-refractivity contribution >= 4 is 11.8 Å². The fraction of sp³-hybridized carbons (Fsp3) is 0.926. The number of hydrogen-bond donors (Lipinski definition) is 1. The van der Waals surface area contributed by atoms with Crippen molar-refractivity contribution < 1.29 is 9.59 Å². The van der Waals surface area contributed by atoms with Crippen molar-refractivity contribution in [2.45, 2.75) is 97.1 Å². The highest BCUT2D eigenvalue weighted by molar-refractivity contribution is 5.85. The second-order valence-corrected chi connectivity index (χ2v) is 12.2. The van der Waals surface area contributed by atoms with Crippen LogP contribution in [0.1, 0.15) is 85.0 Å². The Balaban J connectivity index is 1.14. The van der Waals surface area contributed by atoms with Gasteiger partial charge in [-0.2, -0.15) is 0 Å². The quantitative estimate of drug-likeness (QED) is 0.715. The molecule has 2 heterocycles. The van der Waals surface area contributed by atoms with E-state index in [1.165, 1.54) is 44.9 Å². The Morgan fingerprint density at radius 3 is 2.19 bits per heavy atom. The molecule has 5 nitrogen and oxygen atoms in total. The van der Waals surface area contributed by atoms with Crippen molar-refractivity contribution in [1.82, 2.24) is 15.1 Å². The molecule has 0 aromatic rings. The highest BCUT2D eigenvalue weighted by Gasteiger charge is 2.48. The molecule has 3 aliphatic carbocycles. The summed E-state index contributed by atoms with van der Waals surface area (Å²) < 4.78 is 0. The van der Waals surface area contributed by atoms with E-state index < -0.39 is 0 Å². The van der Waals surface area contributed by atoms with Crippen molar-refractivity contribution in [3.8, 4) is 0 Å². The fourth-order valence-corrected chi connectivity index (χ4v) is 7.58. The highest BCUT2D eigenvalue weighted by Crippen LogP contribution is 2.47. The van der Waals surface area contributed by atoms with Gasteiger partial charge in [0.15, 0.2) is 0 Å². The van der Waals surface area contributed by atoms with E-state index in [2.05, 4.69) is 31.0 Å². The Morgan fingerprint density at radius 1 is 0.781 bits per heavy atom. The molecular formula is C27H45N3O2. The van der Waals surface area contributed by atoms with E-state index >= 15 is 0 Å². The molecule has 0 bridgehead atoms. The van der Waals surface area contributed by atoms with Crippen LogP contribution in [0.15, 0.2) is 0 Å². The third-order valence-electron chi connectivity index (χ3n) is 10.4. The molecule has 7 unspecified atom stereocenters.